The number of anilines is 1. The Morgan fingerprint density at radius 2 is 2.16 bits per heavy atom. The molecule has 1 atom stereocenters. The second-order valence-electron chi connectivity index (χ2n) is 4.94. The van der Waals surface area contributed by atoms with Crippen LogP contribution in [0.4, 0.5) is 5.69 Å². The van der Waals surface area contributed by atoms with Crippen molar-refractivity contribution in [1.29, 1.82) is 10.5 Å². The maximum atomic E-state index is 9.18. The van der Waals surface area contributed by atoms with Crippen LogP contribution in [0.3, 0.4) is 0 Å². The molecule has 0 saturated carbocycles. The summed E-state index contributed by atoms with van der Waals surface area (Å²) in [5.74, 6) is 0. The Hall–Kier alpha value is -2.04. The topological polar surface area (TPSA) is 54.1 Å². The average molecular weight is 254 g/mol. The first-order valence-electron chi connectivity index (χ1n) is 6.57. The molecule has 0 N–H and O–H groups in total. The van der Waals surface area contributed by atoms with Crippen molar-refractivity contribution in [3.8, 4) is 12.1 Å². The van der Waals surface area contributed by atoms with Gasteiger partial charge in [0.05, 0.1) is 23.9 Å². The molecule has 1 aromatic rings. The minimum absolute atomic E-state index is 0.389. The minimum Gasteiger partial charge on any atom is -0.369 e. The summed E-state index contributed by atoms with van der Waals surface area (Å²) < 4.78 is 0. The van der Waals surface area contributed by atoms with Crippen LogP contribution in [-0.4, -0.2) is 37.6 Å². The zero-order chi connectivity index (χ0) is 13.7. The van der Waals surface area contributed by atoms with Crippen molar-refractivity contribution in [2.75, 3.05) is 31.6 Å². The molecule has 1 unspecified atom stereocenters. The Balaban J connectivity index is 2.13. The van der Waals surface area contributed by atoms with Gasteiger partial charge in [0.1, 0.15) is 6.07 Å². The van der Waals surface area contributed by atoms with Crippen LogP contribution in [0, 0.1) is 22.7 Å². The standard InChI is InChI=1S/C15H18N4/c1-18(10-8-16)14-6-4-9-19(12-14)15-7-3-2-5-13(15)11-17/h2-3,5,7,14H,4,6,9-10,12H2,1H3. The van der Waals surface area contributed by atoms with Crippen LogP contribution >= 0.6 is 0 Å². The summed E-state index contributed by atoms with van der Waals surface area (Å²) in [6.07, 6.45) is 2.21. The van der Waals surface area contributed by atoms with Gasteiger partial charge in [-0.1, -0.05) is 12.1 Å². The van der Waals surface area contributed by atoms with Gasteiger partial charge in [-0.05, 0) is 32.0 Å². The van der Waals surface area contributed by atoms with E-state index in [1.54, 1.807) is 0 Å². The Labute approximate surface area is 114 Å². The average Bonchev–Trinajstić information content (AvgIpc) is 2.47. The summed E-state index contributed by atoms with van der Waals surface area (Å²) in [4.78, 5) is 4.36. The van der Waals surface area contributed by atoms with E-state index in [-0.39, 0.29) is 0 Å². The zero-order valence-electron chi connectivity index (χ0n) is 11.2. The van der Waals surface area contributed by atoms with Crippen LogP contribution in [-0.2, 0) is 0 Å². The first-order valence-corrected chi connectivity index (χ1v) is 6.57. The summed E-state index contributed by atoms with van der Waals surface area (Å²) >= 11 is 0. The van der Waals surface area contributed by atoms with E-state index >= 15 is 0 Å². The monoisotopic (exact) mass is 254 g/mol. The number of para-hydroxylation sites is 1. The van der Waals surface area contributed by atoms with Gasteiger partial charge in [0.25, 0.3) is 0 Å². The van der Waals surface area contributed by atoms with Gasteiger partial charge in [-0.25, -0.2) is 0 Å². The molecule has 0 spiro atoms. The fraction of sp³-hybridized carbons (Fsp3) is 0.467. The van der Waals surface area contributed by atoms with Gasteiger partial charge >= 0.3 is 0 Å². The highest BCUT2D eigenvalue weighted by Crippen LogP contribution is 2.24. The predicted molar refractivity (Wildman–Crippen MR) is 74.6 cm³/mol. The lowest BCUT2D eigenvalue weighted by molar-refractivity contribution is 0.238. The molecule has 0 amide bonds. The highest BCUT2D eigenvalue weighted by Gasteiger charge is 2.24. The number of rotatable bonds is 3. The highest BCUT2D eigenvalue weighted by atomic mass is 15.2. The van der Waals surface area contributed by atoms with E-state index in [1.165, 1.54) is 0 Å². The normalized spacial score (nSPS) is 18.9. The summed E-state index contributed by atoms with van der Waals surface area (Å²) in [6, 6.07) is 12.6. The highest BCUT2D eigenvalue weighted by molar-refractivity contribution is 5.59. The minimum atomic E-state index is 0.389. The van der Waals surface area contributed by atoms with E-state index in [0.717, 1.165) is 37.2 Å². The first kappa shape index (κ1) is 13.4. The molecule has 1 aliphatic rings. The number of nitriles is 2. The second kappa shape index (κ2) is 6.22. The van der Waals surface area contributed by atoms with Gasteiger partial charge in [-0.3, -0.25) is 4.90 Å². The summed E-state index contributed by atoms with van der Waals surface area (Å²) in [7, 11) is 1.99. The molecule has 1 aliphatic heterocycles. The summed E-state index contributed by atoms with van der Waals surface area (Å²) in [5, 5.41) is 18.0. The number of likely N-dealkylation sites (N-methyl/N-ethyl adjacent to an activating group) is 1. The van der Waals surface area contributed by atoms with Crippen molar-refractivity contribution in [1.82, 2.24) is 4.90 Å². The molecule has 0 radical (unpaired) electrons. The van der Waals surface area contributed by atoms with Crippen LogP contribution in [0.25, 0.3) is 0 Å². The van der Waals surface area contributed by atoms with Crippen molar-refractivity contribution < 1.29 is 0 Å². The fourth-order valence-electron chi connectivity index (χ4n) is 2.62. The molecule has 1 heterocycles. The van der Waals surface area contributed by atoms with Crippen LogP contribution in [0.5, 0.6) is 0 Å². The molecule has 4 nitrogen and oxygen atoms in total. The molecule has 1 aromatic carbocycles. The first-order chi connectivity index (χ1) is 9.26. The van der Waals surface area contributed by atoms with Gasteiger partial charge < -0.3 is 4.90 Å². The maximum absolute atomic E-state index is 9.18. The van der Waals surface area contributed by atoms with E-state index in [9.17, 15) is 5.26 Å². The van der Waals surface area contributed by atoms with Gasteiger partial charge in [0, 0.05) is 19.1 Å². The van der Waals surface area contributed by atoms with Gasteiger partial charge in [-0.2, -0.15) is 10.5 Å². The Bertz CT molecular complexity index is 512. The van der Waals surface area contributed by atoms with Crippen LogP contribution in [0.2, 0.25) is 0 Å². The Morgan fingerprint density at radius 1 is 1.37 bits per heavy atom. The largest absolute Gasteiger partial charge is 0.369 e. The lowest BCUT2D eigenvalue weighted by atomic mass is 10.0. The SMILES string of the molecule is CN(CC#N)C1CCCN(c2ccccc2C#N)C1. The third-order valence-corrected chi connectivity index (χ3v) is 3.71. The molecule has 1 saturated heterocycles. The van der Waals surface area contributed by atoms with Crippen molar-refractivity contribution >= 4 is 5.69 Å². The summed E-state index contributed by atoms with van der Waals surface area (Å²) in [6.45, 7) is 2.32. The molecule has 98 valence electrons. The zero-order valence-corrected chi connectivity index (χ0v) is 11.2. The fourth-order valence-corrected chi connectivity index (χ4v) is 2.62. The third kappa shape index (κ3) is 3.05. The van der Waals surface area contributed by atoms with E-state index in [0.29, 0.717) is 12.6 Å². The van der Waals surface area contributed by atoms with Gasteiger partial charge in [0.2, 0.25) is 0 Å². The maximum Gasteiger partial charge on any atom is 0.101 e. The molecule has 19 heavy (non-hydrogen) atoms. The van der Waals surface area contributed by atoms with Gasteiger partial charge in [0.15, 0.2) is 0 Å². The summed E-state index contributed by atoms with van der Waals surface area (Å²) in [5.41, 5.74) is 1.74. The van der Waals surface area contributed by atoms with E-state index < -0.39 is 0 Å². The molecule has 4 heteroatoms. The van der Waals surface area contributed by atoms with E-state index in [4.69, 9.17) is 5.26 Å². The van der Waals surface area contributed by atoms with Crippen LogP contribution in [0.15, 0.2) is 24.3 Å². The Kier molecular flexibility index (Phi) is 4.39. The third-order valence-electron chi connectivity index (χ3n) is 3.71. The van der Waals surface area contributed by atoms with Crippen molar-refractivity contribution in [3.63, 3.8) is 0 Å². The lowest BCUT2D eigenvalue weighted by Crippen LogP contribution is -2.46. The van der Waals surface area contributed by atoms with E-state index in [2.05, 4.69) is 21.9 Å². The van der Waals surface area contributed by atoms with Crippen molar-refractivity contribution in [2.45, 2.75) is 18.9 Å². The molecule has 0 aromatic heterocycles. The second-order valence-corrected chi connectivity index (χ2v) is 4.94. The van der Waals surface area contributed by atoms with Crippen molar-refractivity contribution in [3.05, 3.63) is 29.8 Å². The smallest absolute Gasteiger partial charge is 0.101 e. The van der Waals surface area contributed by atoms with Gasteiger partial charge in [-0.15, -0.1) is 0 Å². The number of benzene rings is 1. The molecule has 1 fully saturated rings. The lowest BCUT2D eigenvalue weighted by Gasteiger charge is -2.38. The van der Waals surface area contributed by atoms with Crippen LogP contribution in [0.1, 0.15) is 18.4 Å². The van der Waals surface area contributed by atoms with Crippen molar-refractivity contribution in [2.24, 2.45) is 0 Å². The quantitative estimate of drug-likeness (QED) is 0.774. The molecule has 0 bridgehead atoms. The van der Waals surface area contributed by atoms with E-state index in [1.807, 2.05) is 31.3 Å². The predicted octanol–water partition coefficient (Wildman–Crippen LogP) is 1.98. The number of hydrogen-bond donors (Lipinski definition) is 0. The molecule has 0 aliphatic carbocycles. The molecule has 2 rings (SSSR count). The number of piperidine rings is 1. The number of hydrogen-bond acceptors (Lipinski definition) is 4. The number of nitrogens with zero attached hydrogens (tertiary/aromatic N) is 4. The molecular weight excluding hydrogens is 236 g/mol. The molecular formula is C15H18N4. The Morgan fingerprint density at radius 3 is 2.89 bits per heavy atom. The van der Waals surface area contributed by atoms with Crippen LogP contribution < -0.4 is 4.90 Å².